The second kappa shape index (κ2) is 9.58. The monoisotopic (exact) mass is 589 g/mol. The summed E-state index contributed by atoms with van der Waals surface area (Å²) >= 11 is 0. The zero-order valence-corrected chi connectivity index (χ0v) is 24.4. The third kappa shape index (κ3) is 3.66. The number of hydrogen-bond donors (Lipinski definition) is 0. The average molecular weight is 590 g/mol. The van der Waals surface area contributed by atoms with Crippen LogP contribution in [0, 0.1) is 0 Å². The first-order valence-electron chi connectivity index (χ1n) is 15.3. The molecule has 3 aromatic heterocycles. The fourth-order valence-corrected chi connectivity index (χ4v) is 6.81. The van der Waals surface area contributed by atoms with Crippen LogP contribution < -0.4 is 0 Å². The summed E-state index contributed by atoms with van der Waals surface area (Å²) < 4.78 is 13.1. The van der Waals surface area contributed by atoms with E-state index in [-0.39, 0.29) is 0 Å². The van der Waals surface area contributed by atoms with E-state index in [2.05, 4.69) is 66.7 Å². The Balaban J connectivity index is 1.28. The van der Waals surface area contributed by atoms with Crippen molar-refractivity contribution in [2.75, 3.05) is 0 Å². The van der Waals surface area contributed by atoms with Gasteiger partial charge in [0.25, 0.3) is 0 Å². The molecule has 0 aliphatic heterocycles. The molecule has 5 heteroatoms. The molecule has 0 saturated heterocycles. The molecule has 0 bridgehead atoms. The summed E-state index contributed by atoms with van der Waals surface area (Å²) in [5.41, 5.74) is 5.84. The Hall–Kier alpha value is -6.33. The Morgan fingerprint density at radius 1 is 0.348 bits per heavy atom. The highest BCUT2D eigenvalue weighted by Gasteiger charge is 2.21. The molecular weight excluding hydrogens is 566 g/mol. The third-order valence-electron chi connectivity index (χ3n) is 8.92. The molecule has 214 valence electrons. The molecule has 0 aliphatic carbocycles. The Morgan fingerprint density at radius 3 is 1.89 bits per heavy atom. The molecule has 0 amide bonds. The van der Waals surface area contributed by atoms with Gasteiger partial charge in [-0.25, -0.2) is 15.0 Å². The van der Waals surface area contributed by atoms with E-state index in [1.807, 2.05) is 72.8 Å². The predicted octanol–water partition coefficient (Wildman–Crippen LogP) is 11.0. The maximum atomic E-state index is 6.67. The van der Waals surface area contributed by atoms with Crippen LogP contribution in [0.4, 0.5) is 0 Å². The summed E-state index contributed by atoms with van der Waals surface area (Å²) in [6, 6.07) is 47.4. The lowest BCUT2D eigenvalue weighted by atomic mass is 9.98. The lowest BCUT2D eigenvalue weighted by molar-refractivity contribution is 0.669. The van der Waals surface area contributed by atoms with Gasteiger partial charge in [-0.15, -0.1) is 0 Å². The zero-order valence-electron chi connectivity index (χ0n) is 24.4. The molecule has 5 nitrogen and oxygen atoms in total. The quantitative estimate of drug-likeness (QED) is 0.192. The van der Waals surface area contributed by atoms with Crippen molar-refractivity contribution >= 4 is 65.4 Å². The highest BCUT2D eigenvalue weighted by Crippen LogP contribution is 2.42. The van der Waals surface area contributed by atoms with Gasteiger partial charge in [0.05, 0.1) is 5.56 Å². The first-order chi connectivity index (χ1) is 22.8. The molecule has 0 unspecified atom stereocenters. The number of furan rings is 2. The normalized spacial score (nSPS) is 11.9. The highest BCUT2D eigenvalue weighted by atomic mass is 16.3. The number of aromatic nitrogens is 3. The average Bonchev–Trinajstić information content (AvgIpc) is 3.70. The van der Waals surface area contributed by atoms with E-state index >= 15 is 0 Å². The minimum absolute atomic E-state index is 0.551. The van der Waals surface area contributed by atoms with E-state index in [9.17, 15) is 0 Å². The standard InChI is InChI=1S/C41H23N3O2/c1-2-11-26(12-3-1)39-42-40(44-41(43-39)32-17-8-15-29-28-14-6-7-18-33(28)45-37(29)32)31-16-9-19-34-36(31)30-23-22-25-21-20-24-10-4-5-13-27(24)35(25)38(30)46-34/h1-23H. The molecule has 0 atom stereocenters. The molecule has 0 saturated carbocycles. The predicted molar refractivity (Wildman–Crippen MR) is 186 cm³/mol. The molecule has 10 aromatic rings. The van der Waals surface area contributed by atoms with Crippen molar-refractivity contribution in [3.05, 3.63) is 140 Å². The van der Waals surface area contributed by atoms with Crippen molar-refractivity contribution in [2.24, 2.45) is 0 Å². The van der Waals surface area contributed by atoms with Gasteiger partial charge in [0, 0.05) is 38.1 Å². The lowest BCUT2D eigenvalue weighted by Gasteiger charge is -2.09. The Morgan fingerprint density at radius 2 is 0.978 bits per heavy atom. The van der Waals surface area contributed by atoms with Gasteiger partial charge in [-0.05, 0) is 40.4 Å². The van der Waals surface area contributed by atoms with E-state index < -0.39 is 0 Å². The van der Waals surface area contributed by atoms with Gasteiger partial charge in [-0.1, -0.05) is 115 Å². The van der Waals surface area contributed by atoms with Crippen LogP contribution in [-0.4, -0.2) is 15.0 Å². The number of para-hydroxylation sites is 2. The molecule has 0 spiro atoms. The topological polar surface area (TPSA) is 65.0 Å². The molecule has 0 N–H and O–H groups in total. The van der Waals surface area contributed by atoms with Gasteiger partial charge in [0.15, 0.2) is 17.5 Å². The second-order valence-corrected chi connectivity index (χ2v) is 11.6. The summed E-state index contributed by atoms with van der Waals surface area (Å²) in [5.74, 6) is 1.72. The van der Waals surface area contributed by atoms with Gasteiger partial charge < -0.3 is 8.83 Å². The molecule has 7 aromatic carbocycles. The van der Waals surface area contributed by atoms with E-state index in [4.69, 9.17) is 23.8 Å². The van der Waals surface area contributed by atoms with Crippen molar-refractivity contribution in [3.63, 3.8) is 0 Å². The summed E-state index contributed by atoms with van der Waals surface area (Å²) in [4.78, 5) is 15.2. The SMILES string of the molecule is c1ccc(-c2nc(-c3cccc4c3oc3ccccc34)nc(-c3cccc4oc5c(ccc6ccc7ccccc7c65)c34)n2)cc1. The van der Waals surface area contributed by atoms with Crippen LogP contribution in [0.1, 0.15) is 0 Å². The second-order valence-electron chi connectivity index (χ2n) is 11.6. The minimum atomic E-state index is 0.551. The van der Waals surface area contributed by atoms with Crippen molar-refractivity contribution < 1.29 is 8.83 Å². The minimum Gasteiger partial charge on any atom is -0.455 e. The molecule has 0 fully saturated rings. The van der Waals surface area contributed by atoms with Crippen LogP contribution >= 0.6 is 0 Å². The van der Waals surface area contributed by atoms with Crippen LogP contribution in [-0.2, 0) is 0 Å². The van der Waals surface area contributed by atoms with E-state index in [0.717, 1.165) is 71.3 Å². The van der Waals surface area contributed by atoms with Crippen molar-refractivity contribution in [3.8, 4) is 34.2 Å². The van der Waals surface area contributed by atoms with E-state index in [1.165, 1.54) is 10.8 Å². The van der Waals surface area contributed by atoms with Crippen molar-refractivity contribution in [2.45, 2.75) is 0 Å². The van der Waals surface area contributed by atoms with Gasteiger partial charge in [-0.2, -0.15) is 0 Å². The summed E-state index contributed by atoms with van der Waals surface area (Å²) in [6.07, 6.45) is 0. The van der Waals surface area contributed by atoms with Crippen LogP contribution in [0.3, 0.4) is 0 Å². The van der Waals surface area contributed by atoms with Crippen LogP contribution in [0.5, 0.6) is 0 Å². The van der Waals surface area contributed by atoms with Gasteiger partial charge in [-0.3, -0.25) is 0 Å². The number of nitrogens with zero attached hydrogens (tertiary/aromatic N) is 3. The van der Waals surface area contributed by atoms with Crippen LogP contribution in [0.15, 0.2) is 148 Å². The molecule has 3 heterocycles. The third-order valence-corrected chi connectivity index (χ3v) is 8.92. The number of hydrogen-bond acceptors (Lipinski definition) is 5. The number of rotatable bonds is 3. The van der Waals surface area contributed by atoms with Crippen molar-refractivity contribution in [1.82, 2.24) is 15.0 Å². The van der Waals surface area contributed by atoms with E-state index in [0.29, 0.717) is 17.5 Å². The Labute approximate surface area is 262 Å². The van der Waals surface area contributed by atoms with Crippen LogP contribution in [0.25, 0.3) is 99.6 Å². The molecule has 46 heavy (non-hydrogen) atoms. The highest BCUT2D eigenvalue weighted by molar-refractivity contribution is 6.24. The fraction of sp³-hybridized carbons (Fsp3) is 0. The summed E-state index contributed by atoms with van der Waals surface area (Å²) in [5, 5.41) is 8.68. The largest absolute Gasteiger partial charge is 0.455 e. The smallest absolute Gasteiger partial charge is 0.167 e. The van der Waals surface area contributed by atoms with Gasteiger partial charge >= 0.3 is 0 Å². The zero-order chi connectivity index (χ0) is 30.2. The maximum absolute atomic E-state index is 6.67. The Kier molecular flexibility index (Phi) is 5.22. The van der Waals surface area contributed by atoms with Crippen LogP contribution in [0.2, 0.25) is 0 Å². The summed E-state index contributed by atoms with van der Waals surface area (Å²) in [6.45, 7) is 0. The number of benzene rings is 7. The first kappa shape index (κ1) is 25.0. The van der Waals surface area contributed by atoms with E-state index in [1.54, 1.807) is 0 Å². The van der Waals surface area contributed by atoms with Gasteiger partial charge in [0.1, 0.15) is 22.3 Å². The lowest BCUT2D eigenvalue weighted by Crippen LogP contribution is -2.00. The molecule has 0 aliphatic rings. The fourth-order valence-electron chi connectivity index (χ4n) is 6.81. The Bertz CT molecular complexity index is 2810. The molecule has 10 rings (SSSR count). The molecule has 0 radical (unpaired) electrons. The first-order valence-corrected chi connectivity index (χ1v) is 15.3. The molecular formula is C41H23N3O2. The maximum Gasteiger partial charge on any atom is 0.167 e. The summed E-state index contributed by atoms with van der Waals surface area (Å²) in [7, 11) is 0. The van der Waals surface area contributed by atoms with Gasteiger partial charge in [0.2, 0.25) is 0 Å². The number of fused-ring (bicyclic) bond motifs is 10. The van der Waals surface area contributed by atoms with Crippen molar-refractivity contribution in [1.29, 1.82) is 0 Å².